The Balaban J connectivity index is 1.31. The minimum atomic E-state index is -0.103. The number of benzene rings is 2. The number of carbonyl (C=O) groups is 1. The van der Waals surface area contributed by atoms with E-state index in [4.69, 9.17) is 16.3 Å². The Bertz CT molecular complexity index is 1060. The Morgan fingerprint density at radius 3 is 2.84 bits per heavy atom. The van der Waals surface area contributed by atoms with Crippen LogP contribution in [0.3, 0.4) is 0 Å². The molecule has 0 bridgehead atoms. The average Bonchev–Trinajstić information content (AvgIpc) is 3.50. The predicted molar refractivity (Wildman–Crippen MR) is 123 cm³/mol. The third kappa shape index (κ3) is 6.22. The number of amides is 1. The van der Waals surface area contributed by atoms with Gasteiger partial charge in [0.05, 0.1) is 19.3 Å². The van der Waals surface area contributed by atoms with Crippen LogP contribution >= 0.6 is 11.6 Å². The monoisotopic (exact) mass is 435 g/mol. The van der Waals surface area contributed by atoms with Gasteiger partial charge in [-0.1, -0.05) is 48.0 Å². The second kappa shape index (κ2) is 9.84. The molecule has 160 valence electrons. The average molecular weight is 436 g/mol. The number of rotatable bonds is 9. The Hall–Kier alpha value is -3.05. The standard InChI is InChI=1S/C25H26ClN3O2/c1-18(28-25(30)21-5-3-2-4-6-21)7-8-20-14-27-29(15-20)16-22-11-12-23(13-24(22)26)31-17-19-9-10-19/h2-8,11-15,18-19H,9-10,16-17H2,1H3,(H,28,30)/b8-7+/t18-/m0/s1. The lowest BCUT2D eigenvalue weighted by atomic mass is 10.2. The Morgan fingerprint density at radius 2 is 2.10 bits per heavy atom. The van der Waals surface area contributed by atoms with Crippen LogP contribution < -0.4 is 10.1 Å². The molecule has 1 atom stereocenters. The van der Waals surface area contributed by atoms with Crippen LogP contribution in [0.5, 0.6) is 5.75 Å². The largest absolute Gasteiger partial charge is 0.493 e. The van der Waals surface area contributed by atoms with E-state index in [2.05, 4.69) is 10.4 Å². The minimum Gasteiger partial charge on any atom is -0.493 e. The summed E-state index contributed by atoms with van der Waals surface area (Å²) in [4.78, 5) is 12.2. The van der Waals surface area contributed by atoms with Crippen molar-refractivity contribution in [2.45, 2.75) is 32.4 Å². The molecule has 1 N–H and O–H groups in total. The number of halogens is 1. The van der Waals surface area contributed by atoms with Gasteiger partial charge in [-0.05, 0) is 55.5 Å². The highest BCUT2D eigenvalue weighted by Crippen LogP contribution is 2.30. The summed E-state index contributed by atoms with van der Waals surface area (Å²) in [5, 5.41) is 8.06. The zero-order chi connectivity index (χ0) is 21.6. The van der Waals surface area contributed by atoms with Crippen molar-refractivity contribution in [2.75, 3.05) is 6.61 Å². The predicted octanol–water partition coefficient (Wildman–Crippen LogP) is 5.21. The molecular formula is C25H26ClN3O2. The fourth-order valence-corrected chi connectivity index (χ4v) is 3.38. The lowest BCUT2D eigenvalue weighted by Gasteiger charge is -2.09. The van der Waals surface area contributed by atoms with Gasteiger partial charge in [0.15, 0.2) is 0 Å². The minimum absolute atomic E-state index is 0.0901. The SMILES string of the molecule is C[C@@H](/C=C/c1cnn(Cc2ccc(OCC3CC3)cc2Cl)c1)NC(=O)c1ccccc1. The molecule has 1 fully saturated rings. The molecule has 1 aromatic heterocycles. The molecule has 3 aromatic rings. The van der Waals surface area contributed by atoms with Crippen LogP contribution in [0, 0.1) is 5.92 Å². The molecule has 1 saturated carbocycles. The summed E-state index contributed by atoms with van der Waals surface area (Å²) >= 11 is 6.44. The third-order valence-electron chi connectivity index (χ3n) is 5.16. The summed E-state index contributed by atoms with van der Waals surface area (Å²) in [6, 6.07) is 14.9. The fraction of sp³-hybridized carbons (Fsp3) is 0.280. The molecule has 0 radical (unpaired) electrons. The van der Waals surface area contributed by atoms with Crippen molar-refractivity contribution in [1.29, 1.82) is 0 Å². The molecule has 0 spiro atoms. The molecule has 5 nitrogen and oxygen atoms in total. The first-order valence-corrected chi connectivity index (χ1v) is 10.9. The maximum atomic E-state index is 12.2. The van der Waals surface area contributed by atoms with E-state index in [1.165, 1.54) is 12.8 Å². The Labute approximate surface area is 187 Å². The molecule has 0 unspecified atom stereocenters. The second-order valence-electron chi connectivity index (χ2n) is 7.97. The Kier molecular flexibility index (Phi) is 6.73. The zero-order valence-electron chi connectivity index (χ0n) is 17.5. The van der Waals surface area contributed by atoms with E-state index >= 15 is 0 Å². The van der Waals surface area contributed by atoms with Crippen LogP contribution in [0.2, 0.25) is 5.02 Å². The highest BCUT2D eigenvalue weighted by molar-refractivity contribution is 6.31. The molecule has 1 aliphatic rings. The van der Waals surface area contributed by atoms with Crippen molar-refractivity contribution in [3.05, 3.63) is 88.7 Å². The quantitative estimate of drug-likeness (QED) is 0.502. The molecule has 0 aliphatic heterocycles. The van der Waals surface area contributed by atoms with Gasteiger partial charge >= 0.3 is 0 Å². The molecule has 0 saturated heterocycles. The highest BCUT2D eigenvalue weighted by Gasteiger charge is 2.22. The molecule has 2 aromatic carbocycles. The van der Waals surface area contributed by atoms with E-state index in [0.717, 1.165) is 23.5 Å². The van der Waals surface area contributed by atoms with Gasteiger partial charge in [0.1, 0.15) is 5.75 Å². The third-order valence-corrected chi connectivity index (χ3v) is 5.52. The molecule has 6 heteroatoms. The summed E-state index contributed by atoms with van der Waals surface area (Å²) in [5.41, 5.74) is 2.60. The summed E-state index contributed by atoms with van der Waals surface area (Å²) in [6.07, 6.45) is 10.2. The first-order chi connectivity index (χ1) is 15.1. The number of hydrogen-bond donors (Lipinski definition) is 1. The van der Waals surface area contributed by atoms with Crippen molar-refractivity contribution in [2.24, 2.45) is 5.92 Å². The van der Waals surface area contributed by atoms with Gasteiger partial charge in [-0.2, -0.15) is 5.10 Å². The number of hydrogen-bond acceptors (Lipinski definition) is 3. The van der Waals surface area contributed by atoms with Crippen molar-refractivity contribution in [3.63, 3.8) is 0 Å². The normalized spacial score (nSPS) is 14.5. The smallest absolute Gasteiger partial charge is 0.251 e. The highest BCUT2D eigenvalue weighted by atomic mass is 35.5. The van der Waals surface area contributed by atoms with Crippen LogP contribution in [0.4, 0.5) is 0 Å². The summed E-state index contributed by atoms with van der Waals surface area (Å²) in [7, 11) is 0. The van der Waals surface area contributed by atoms with Gasteiger partial charge in [0.25, 0.3) is 5.91 Å². The van der Waals surface area contributed by atoms with Gasteiger partial charge in [0, 0.05) is 28.4 Å². The first-order valence-electron chi connectivity index (χ1n) is 10.5. The molecular weight excluding hydrogens is 410 g/mol. The maximum Gasteiger partial charge on any atom is 0.251 e. The van der Waals surface area contributed by atoms with Gasteiger partial charge in [-0.25, -0.2) is 0 Å². The van der Waals surface area contributed by atoms with Gasteiger partial charge in [-0.3, -0.25) is 9.48 Å². The van der Waals surface area contributed by atoms with Gasteiger partial charge < -0.3 is 10.1 Å². The lowest BCUT2D eigenvalue weighted by Crippen LogP contribution is -2.30. The maximum absolute atomic E-state index is 12.2. The van der Waals surface area contributed by atoms with E-state index in [-0.39, 0.29) is 11.9 Å². The number of nitrogens with zero attached hydrogens (tertiary/aromatic N) is 2. The van der Waals surface area contributed by atoms with Crippen LogP contribution in [-0.2, 0) is 6.54 Å². The number of aromatic nitrogens is 2. The topological polar surface area (TPSA) is 56.1 Å². The van der Waals surface area contributed by atoms with E-state index in [0.29, 0.717) is 23.0 Å². The van der Waals surface area contributed by atoms with Crippen molar-refractivity contribution in [3.8, 4) is 5.75 Å². The van der Waals surface area contributed by atoms with E-state index < -0.39 is 0 Å². The van der Waals surface area contributed by atoms with Crippen molar-refractivity contribution in [1.82, 2.24) is 15.1 Å². The van der Waals surface area contributed by atoms with Crippen LogP contribution in [0.25, 0.3) is 6.08 Å². The number of ether oxygens (including phenoxy) is 1. The van der Waals surface area contributed by atoms with Crippen LogP contribution in [0.1, 0.15) is 41.3 Å². The number of nitrogens with one attached hydrogen (secondary N) is 1. The van der Waals surface area contributed by atoms with Crippen LogP contribution in [-0.4, -0.2) is 28.3 Å². The van der Waals surface area contributed by atoms with Crippen molar-refractivity contribution < 1.29 is 9.53 Å². The van der Waals surface area contributed by atoms with Gasteiger partial charge in [-0.15, -0.1) is 0 Å². The molecule has 1 amide bonds. The van der Waals surface area contributed by atoms with E-state index in [1.54, 1.807) is 18.3 Å². The van der Waals surface area contributed by atoms with Gasteiger partial charge in [0.2, 0.25) is 0 Å². The van der Waals surface area contributed by atoms with E-state index in [9.17, 15) is 4.79 Å². The second-order valence-corrected chi connectivity index (χ2v) is 8.37. The lowest BCUT2D eigenvalue weighted by molar-refractivity contribution is 0.0947. The van der Waals surface area contributed by atoms with Crippen LogP contribution in [0.15, 0.2) is 67.0 Å². The fourth-order valence-electron chi connectivity index (χ4n) is 3.15. The molecule has 1 aliphatic carbocycles. The van der Waals surface area contributed by atoms with Crippen molar-refractivity contribution >= 4 is 23.6 Å². The summed E-state index contributed by atoms with van der Waals surface area (Å²) < 4.78 is 7.63. The summed E-state index contributed by atoms with van der Waals surface area (Å²) in [5.74, 6) is 1.44. The first kappa shape index (κ1) is 21.2. The molecule has 1 heterocycles. The zero-order valence-corrected chi connectivity index (χ0v) is 18.3. The molecule has 4 rings (SSSR count). The molecule has 31 heavy (non-hydrogen) atoms. The number of carbonyl (C=O) groups excluding carboxylic acids is 1. The summed E-state index contributed by atoms with van der Waals surface area (Å²) in [6.45, 7) is 3.29. The van der Waals surface area contributed by atoms with E-state index in [1.807, 2.05) is 66.4 Å². The Morgan fingerprint density at radius 1 is 1.29 bits per heavy atom.